The average molecular weight is 124 g/mol. The summed E-state index contributed by atoms with van der Waals surface area (Å²) < 4.78 is 0. The van der Waals surface area contributed by atoms with Crippen molar-refractivity contribution in [2.24, 2.45) is 0 Å². The maximum Gasteiger partial charge on any atom is -0.0311 e. The van der Waals surface area contributed by atoms with Crippen LogP contribution in [0.15, 0.2) is 23.8 Å². The maximum atomic E-state index is 3.92. The van der Waals surface area contributed by atoms with E-state index >= 15 is 0 Å². The van der Waals surface area contributed by atoms with Crippen LogP contribution in [0.2, 0.25) is 0 Å². The zero-order valence-corrected chi connectivity index (χ0v) is 6.70. The molecule has 0 aliphatic rings. The second kappa shape index (κ2) is 4.37. The van der Waals surface area contributed by atoms with Gasteiger partial charge in [-0.2, -0.15) is 0 Å². The summed E-state index contributed by atoms with van der Waals surface area (Å²) in [5, 5.41) is 0. The molecule has 0 nitrogen and oxygen atoms in total. The van der Waals surface area contributed by atoms with E-state index in [9.17, 15) is 0 Å². The Morgan fingerprint density at radius 3 is 2.33 bits per heavy atom. The minimum Gasteiger partial charge on any atom is -0.0956 e. The van der Waals surface area contributed by atoms with E-state index < -0.39 is 0 Å². The fourth-order valence-electron chi connectivity index (χ4n) is 0.729. The number of hydrogen-bond donors (Lipinski definition) is 0. The number of hydrogen-bond acceptors (Lipinski definition) is 0. The van der Waals surface area contributed by atoms with Crippen molar-refractivity contribution < 1.29 is 0 Å². The van der Waals surface area contributed by atoms with Gasteiger partial charge in [-0.1, -0.05) is 37.6 Å². The average Bonchev–Trinajstić information content (AvgIpc) is 1.87. The van der Waals surface area contributed by atoms with E-state index in [0.717, 1.165) is 12.8 Å². The Morgan fingerprint density at radius 1 is 1.44 bits per heavy atom. The second-order valence-electron chi connectivity index (χ2n) is 2.25. The lowest BCUT2D eigenvalue weighted by atomic mass is 10.1. The summed E-state index contributed by atoms with van der Waals surface area (Å²) in [5.41, 5.74) is 2.61. The Balaban J connectivity index is 3.86. The van der Waals surface area contributed by atoms with Gasteiger partial charge in [0.25, 0.3) is 0 Å². The van der Waals surface area contributed by atoms with Crippen LogP contribution in [0.1, 0.15) is 33.6 Å². The third kappa shape index (κ3) is 3.12. The summed E-state index contributed by atoms with van der Waals surface area (Å²) in [7, 11) is 0. The van der Waals surface area contributed by atoms with E-state index in [0.29, 0.717) is 0 Å². The lowest BCUT2D eigenvalue weighted by Gasteiger charge is -1.99. The number of allylic oxidation sites excluding steroid dienone is 3. The van der Waals surface area contributed by atoms with Gasteiger partial charge in [-0.05, 0) is 19.8 Å². The summed E-state index contributed by atoms with van der Waals surface area (Å²) >= 11 is 0. The third-order valence-electron chi connectivity index (χ3n) is 1.49. The quantitative estimate of drug-likeness (QED) is 0.506. The van der Waals surface area contributed by atoms with E-state index in [1.807, 2.05) is 0 Å². The molecule has 0 aliphatic heterocycles. The van der Waals surface area contributed by atoms with Crippen LogP contribution >= 0.6 is 0 Å². The topological polar surface area (TPSA) is 0 Å². The Kier molecular flexibility index (Phi) is 4.12. The molecular weight excluding hydrogens is 108 g/mol. The van der Waals surface area contributed by atoms with Crippen molar-refractivity contribution >= 4 is 0 Å². The lowest BCUT2D eigenvalue weighted by molar-refractivity contribution is 1.09. The van der Waals surface area contributed by atoms with E-state index in [1.54, 1.807) is 0 Å². The highest BCUT2D eigenvalue weighted by atomic mass is 14.0. The van der Waals surface area contributed by atoms with Crippen molar-refractivity contribution in [2.45, 2.75) is 33.6 Å². The van der Waals surface area contributed by atoms with Gasteiger partial charge in [0.1, 0.15) is 0 Å². The molecule has 0 aromatic rings. The molecule has 0 radical (unpaired) electrons. The fourth-order valence-corrected chi connectivity index (χ4v) is 0.729. The van der Waals surface area contributed by atoms with Crippen molar-refractivity contribution in [3.05, 3.63) is 23.8 Å². The lowest BCUT2D eigenvalue weighted by Crippen LogP contribution is -1.79. The van der Waals surface area contributed by atoms with Crippen molar-refractivity contribution in [1.29, 1.82) is 0 Å². The minimum absolute atomic E-state index is 1.07. The zero-order valence-electron chi connectivity index (χ0n) is 6.70. The Hall–Kier alpha value is -0.520. The van der Waals surface area contributed by atoms with Crippen LogP contribution in [-0.2, 0) is 0 Å². The van der Waals surface area contributed by atoms with E-state index in [-0.39, 0.29) is 0 Å². The van der Waals surface area contributed by atoms with Crippen LogP contribution in [0.3, 0.4) is 0 Å². The van der Waals surface area contributed by atoms with Gasteiger partial charge in [-0.3, -0.25) is 0 Å². The first-order valence-electron chi connectivity index (χ1n) is 3.57. The van der Waals surface area contributed by atoms with Gasteiger partial charge in [0, 0.05) is 0 Å². The summed E-state index contributed by atoms with van der Waals surface area (Å²) in [5.74, 6) is 0. The molecule has 0 saturated carbocycles. The third-order valence-corrected chi connectivity index (χ3v) is 1.49. The van der Waals surface area contributed by atoms with Gasteiger partial charge >= 0.3 is 0 Å². The summed E-state index contributed by atoms with van der Waals surface area (Å²) in [6.07, 6.45) is 4.40. The SMILES string of the molecule is C=C(CC)C(C)=CCC. The first-order valence-corrected chi connectivity index (χ1v) is 3.57. The Bertz CT molecular complexity index is 118. The van der Waals surface area contributed by atoms with Gasteiger partial charge in [0.05, 0.1) is 0 Å². The number of rotatable bonds is 3. The highest BCUT2D eigenvalue weighted by Gasteiger charge is 1.89. The molecule has 0 aromatic heterocycles. The van der Waals surface area contributed by atoms with Gasteiger partial charge in [0.2, 0.25) is 0 Å². The predicted octanol–water partition coefficient (Wildman–Crippen LogP) is 3.31. The van der Waals surface area contributed by atoms with Crippen LogP contribution in [0.5, 0.6) is 0 Å². The molecule has 0 amide bonds. The summed E-state index contributed by atoms with van der Waals surface area (Å²) in [4.78, 5) is 0. The molecule has 0 fully saturated rings. The zero-order chi connectivity index (χ0) is 7.28. The van der Waals surface area contributed by atoms with E-state index in [4.69, 9.17) is 0 Å². The van der Waals surface area contributed by atoms with Crippen molar-refractivity contribution in [3.63, 3.8) is 0 Å². The molecule has 0 heteroatoms. The van der Waals surface area contributed by atoms with Crippen molar-refractivity contribution in [2.75, 3.05) is 0 Å². The van der Waals surface area contributed by atoms with Gasteiger partial charge < -0.3 is 0 Å². The van der Waals surface area contributed by atoms with Crippen molar-refractivity contribution in [3.8, 4) is 0 Å². The smallest absolute Gasteiger partial charge is 0.0311 e. The van der Waals surface area contributed by atoms with E-state index in [2.05, 4.69) is 33.4 Å². The molecule has 0 N–H and O–H groups in total. The highest BCUT2D eigenvalue weighted by molar-refractivity contribution is 5.25. The fraction of sp³-hybridized carbons (Fsp3) is 0.556. The Labute approximate surface area is 58.3 Å². The molecule has 9 heavy (non-hydrogen) atoms. The molecule has 0 heterocycles. The van der Waals surface area contributed by atoms with Gasteiger partial charge in [0.15, 0.2) is 0 Å². The van der Waals surface area contributed by atoms with Crippen LogP contribution in [0, 0.1) is 0 Å². The molecule has 0 saturated heterocycles. The molecule has 0 rings (SSSR count). The van der Waals surface area contributed by atoms with Crippen LogP contribution in [0.4, 0.5) is 0 Å². The summed E-state index contributed by atoms with van der Waals surface area (Å²) in [6, 6.07) is 0. The summed E-state index contributed by atoms with van der Waals surface area (Å²) in [6.45, 7) is 10.3. The maximum absolute atomic E-state index is 3.92. The monoisotopic (exact) mass is 124 g/mol. The minimum atomic E-state index is 1.07. The van der Waals surface area contributed by atoms with Gasteiger partial charge in [-0.25, -0.2) is 0 Å². The molecule has 0 bridgehead atoms. The molecule has 0 aliphatic carbocycles. The van der Waals surface area contributed by atoms with E-state index in [1.165, 1.54) is 11.1 Å². The highest BCUT2D eigenvalue weighted by Crippen LogP contribution is 2.10. The normalized spacial score (nSPS) is 11.7. The molecular formula is C9H16. The predicted molar refractivity (Wildman–Crippen MR) is 43.5 cm³/mol. The van der Waals surface area contributed by atoms with Crippen LogP contribution < -0.4 is 0 Å². The molecule has 0 aromatic carbocycles. The standard InChI is InChI=1S/C9H16/c1-5-7-9(4)8(3)6-2/h7H,3,5-6H2,1-2,4H3. The van der Waals surface area contributed by atoms with Gasteiger partial charge in [-0.15, -0.1) is 0 Å². The Morgan fingerprint density at radius 2 is 2.00 bits per heavy atom. The van der Waals surface area contributed by atoms with Crippen LogP contribution in [-0.4, -0.2) is 0 Å². The van der Waals surface area contributed by atoms with Crippen molar-refractivity contribution in [1.82, 2.24) is 0 Å². The molecule has 0 spiro atoms. The first kappa shape index (κ1) is 8.48. The molecule has 0 unspecified atom stereocenters. The first-order chi connectivity index (χ1) is 4.22. The second-order valence-corrected chi connectivity index (χ2v) is 2.25. The molecule has 0 atom stereocenters. The van der Waals surface area contributed by atoms with Crippen LogP contribution in [0.25, 0.3) is 0 Å². The molecule has 52 valence electrons. The largest absolute Gasteiger partial charge is 0.0956 e.